The van der Waals surface area contributed by atoms with Gasteiger partial charge in [-0.1, -0.05) is 48.5 Å². The molecular weight excluding hydrogens is 282 g/mol. The highest BCUT2D eigenvalue weighted by molar-refractivity contribution is 6.07. The molecule has 0 aliphatic carbocycles. The molecule has 0 fully saturated rings. The van der Waals surface area contributed by atoms with Gasteiger partial charge < -0.3 is 10.0 Å². The summed E-state index contributed by atoms with van der Waals surface area (Å²) in [6.07, 6.45) is -0.451. The van der Waals surface area contributed by atoms with Gasteiger partial charge in [-0.15, -0.1) is 12.4 Å². The molecule has 2 nitrogen and oxygen atoms in total. The van der Waals surface area contributed by atoms with Crippen LogP contribution in [0.1, 0.15) is 11.7 Å². The monoisotopic (exact) mass is 301 g/mol. The van der Waals surface area contributed by atoms with E-state index in [2.05, 4.69) is 48.5 Å². The summed E-state index contributed by atoms with van der Waals surface area (Å²) in [6.45, 7) is 0.635. The Labute approximate surface area is 131 Å². The Bertz CT molecular complexity index is 754. The van der Waals surface area contributed by atoms with Gasteiger partial charge in [0.2, 0.25) is 0 Å². The van der Waals surface area contributed by atoms with Crippen molar-refractivity contribution in [2.24, 2.45) is 0 Å². The average Bonchev–Trinajstić information content (AvgIpc) is 2.46. The molecule has 0 saturated heterocycles. The molecule has 0 aliphatic rings. The van der Waals surface area contributed by atoms with Crippen LogP contribution in [0.3, 0.4) is 0 Å². The molecule has 0 heterocycles. The Morgan fingerprint density at radius 2 is 1.52 bits per heavy atom. The Balaban J connectivity index is 0.00000161. The molecule has 1 atom stereocenters. The van der Waals surface area contributed by atoms with Crippen molar-refractivity contribution in [2.45, 2.75) is 6.10 Å². The summed E-state index contributed by atoms with van der Waals surface area (Å²) in [7, 11) is 3.94. The van der Waals surface area contributed by atoms with Gasteiger partial charge in [0.25, 0.3) is 0 Å². The zero-order valence-corrected chi connectivity index (χ0v) is 13.1. The Kier molecular flexibility index (Phi) is 4.84. The first-order chi connectivity index (χ1) is 9.65. The zero-order valence-electron chi connectivity index (χ0n) is 12.3. The van der Waals surface area contributed by atoms with Crippen molar-refractivity contribution in [3.8, 4) is 0 Å². The largest absolute Gasteiger partial charge is 0.387 e. The van der Waals surface area contributed by atoms with Gasteiger partial charge in [-0.05, 0) is 47.3 Å². The number of nitrogens with zero attached hydrogens (tertiary/aromatic N) is 1. The second kappa shape index (κ2) is 6.44. The third kappa shape index (κ3) is 3.18. The van der Waals surface area contributed by atoms with Crippen molar-refractivity contribution in [3.05, 3.63) is 60.2 Å². The normalized spacial score (nSPS) is 12.6. The molecule has 3 aromatic carbocycles. The van der Waals surface area contributed by atoms with Crippen LogP contribution < -0.4 is 0 Å². The van der Waals surface area contributed by atoms with E-state index in [1.54, 1.807) is 0 Å². The third-order valence-corrected chi connectivity index (χ3v) is 3.69. The summed E-state index contributed by atoms with van der Waals surface area (Å²) in [5.74, 6) is 0. The number of hydrogen-bond acceptors (Lipinski definition) is 2. The van der Waals surface area contributed by atoms with E-state index in [9.17, 15) is 5.11 Å². The van der Waals surface area contributed by atoms with Crippen LogP contribution >= 0.6 is 12.4 Å². The van der Waals surface area contributed by atoms with Gasteiger partial charge >= 0.3 is 0 Å². The lowest BCUT2D eigenvalue weighted by Crippen LogP contribution is -2.19. The minimum absolute atomic E-state index is 0. The highest BCUT2D eigenvalue weighted by Gasteiger charge is 2.10. The highest BCUT2D eigenvalue weighted by atomic mass is 35.5. The standard InChI is InChI=1S/C18H19NO.ClH/c1-19(2)12-18(20)15-10-9-14-8-7-13-5-3-4-6-16(13)17(14)11-15;/h3-11,18,20H,12H2,1-2H3;1H. The minimum atomic E-state index is -0.451. The lowest BCUT2D eigenvalue weighted by atomic mass is 9.98. The molecule has 3 heteroatoms. The fourth-order valence-electron chi connectivity index (χ4n) is 2.68. The van der Waals surface area contributed by atoms with Crippen molar-refractivity contribution in [3.63, 3.8) is 0 Å². The molecule has 21 heavy (non-hydrogen) atoms. The van der Waals surface area contributed by atoms with E-state index in [1.165, 1.54) is 21.5 Å². The molecule has 0 aromatic heterocycles. The molecule has 0 radical (unpaired) electrons. The summed E-state index contributed by atoms with van der Waals surface area (Å²) in [5, 5.41) is 15.2. The van der Waals surface area contributed by atoms with Crippen LogP contribution in [0, 0.1) is 0 Å². The van der Waals surface area contributed by atoms with Gasteiger partial charge in [-0.25, -0.2) is 0 Å². The molecule has 110 valence electrons. The quantitative estimate of drug-likeness (QED) is 0.739. The van der Waals surface area contributed by atoms with Gasteiger partial charge in [-0.2, -0.15) is 0 Å². The van der Waals surface area contributed by atoms with Gasteiger partial charge in [0.05, 0.1) is 6.10 Å². The third-order valence-electron chi connectivity index (χ3n) is 3.69. The van der Waals surface area contributed by atoms with E-state index in [0.29, 0.717) is 6.54 Å². The Morgan fingerprint density at radius 3 is 2.24 bits per heavy atom. The number of fused-ring (bicyclic) bond motifs is 3. The predicted octanol–water partition coefficient (Wildman–Crippen LogP) is 4.01. The SMILES string of the molecule is CN(C)CC(O)c1ccc2ccc3ccccc3c2c1.Cl. The van der Waals surface area contributed by atoms with Gasteiger partial charge in [0.1, 0.15) is 0 Å². The van der Waals surface area contributed by atoms with Crippen molar-refractivity contribution >= 4 is 34.0 Å². The van der Waals surface area contributed by atoms with Crippen LogP contribution in [0.2, 0.25) is 0 Å². The number of aliphatic hydroxyl groups is 1. The smallest absolute Gasteiger partial charge is 0.0916 e. The summed E-state index contributed by atoms with van der Waals surface area (Å²) in [4.78, 5) is 2.00. The topological polar surface area (TPSA) is 23.5 Å². The molecule has 3 rings (SSSR count). The van der Waals surface area contributed by atoms with E-state index in [0.717, 1.165) is 5.56 Å². The molecular formula is C18H20ClNO. The van der Waals surface area contributed by atoms with Gasteiger partial charge in [0.15, 0.2) is 0 Å². The van der Waals surface area contributed by atoms with Crippen LogP contribution in [0.4, 0.5) is 0 Å². The lowest BCUT2D eigenvalue weighted by Gasteiger charge is -2.17. The van der Waals surface area contributed by atoms with Crippen LogP contribution in [0.5, 0.6) is 0 Å². The molecule has 3 aromatic rings. The average molecular weight is 302 g/mol. The predicted molar refractivity (Wildman–Crippen MR) is 92.2 cm³/mol. The van der Waals surface area contributed by atoms with Gasteiger partial charge in [0, 0.05) is 6.54 Å². The first-order valence-corrected chi connectivity index (χ1v) is 6.89. The fraction of sp³-hybridized carbons (Fsp3) is 0.222. The number of benzene rings is 3. The second-order valence-electron chi connectivity index (χ2n) is 5.55. The maximum atomic E-state index is 10.3. The van der Waals surface area contributed by atoms with E-state index in [-0.39, 0.29) is 12.4 Å². The fourth-order valence-corrected chi connectivity index (χ4v) is 2.68. The number of rotatable bonds is 3. The molecule has 1 unspecified atom stereocenters. The number of aliphatic hydroxyl groups excluding tert-OH is 1. The van der Waals surface area contributed by atoms with Crippen LogP contribution in [-0.2, 0) is 0 Å². The molecule has 0 amide bonds. The summed E-state index contributed by atoms with van der Waals surface area (Å²) in [5.41, 5.74) is 0.975. The van der Waals surface area contributed by atoms with E-state index < -0.39 is 6.10 Å². The van der Waals surface area contributed by atoms with Crippen LogP contribution in [0.15, 0.2) is 54.6 Å². The minimum Gasteiger partial charge on any atom is -0.387 e. The Morgan fingerprint density at radius 1 is 0.905 bits per heavy atom. The molecule has 0 saturated carbocycles. The lowest BCUT2D eigenvalue weighted by molar-refractivity contribution is 0.138. The van der Waals surface area contributed by atoms with E-state index in [4.69, 9.17) is 0 Å². The maximum Gasteiger partial charge on any atom is 0.0916 e. The van der Waals surface area contributed by atoms with Crippen LogP contribution in [-0.4, -0.2) is 30.6 Å². The van der Waals surface area contributed by atoms with Crippen molar-refractivity contribution < 1.29 is 5.11 Å². The van der Waals surface area contributed by atoms with E-state index in [1.807, 2.05) is 25.1 Å². The maximum absolute atomic E-state index is 10.3. The molecule has 0 bridgehead atoms. The van der Waals surface area contributed by atoms with Crippen molar-refractivity contribution in [1.29, 1.82) is 0 Å². The summed E-state index contributed by atoms with van der Waals surface area (Å²) >= 11 is 0. The van der Waals surface area contributed by atoms with Crippen molar-refractivity contribution in [1.82, 2.24) is 4.90 Å². The summed E-state index contributed by atoms with van der Waals surface area (Å²) < 4.78 is 0. The van der Waals surface area contributed by atoms with Gasteiger partial charge in [-0.3, -0.25) is 0 Å². The first kappa shape index (κ1) is 15.8. The number of hydrogen-bond donors (Lipinski definition) is 1. The molecule has 0 aliphatic heterocycles. The van der Waals surface area contributed by atoms with E-state index >= 15 is 0 Å². The zero-order chi connectivity index (χ0) is 14.1. The number of likely N-dealkylation sites (N-methyl/N-ethyl adjacent to an activating group) is 1. The highest BCUT2D eigenvalue weighted by Crippen LogP contribution is 2.28. The second-order valence-corrected chi connectivity index (χ2v) is 5.55. The number of halogens is 1. The first-order valence-electron chi connectivity index (χ1n) is 6.89. The molecule has 0 spiro atoms. The Hall–Kier alpha value is -1.61. The molecule has 1 N–H and O–H groups in total. The van der Waals surface area contributed by atoms with Crippen LogP contribution in [0.25, 0.3) is 21.5 Å². The van der Waals surface area contributed by atoms with Crippen molar-refractivity contribution in [2.75, 3.05) is 20.6 Å². The summed E-state index contributed by atoms with van der Waals surface area (Å²) in [6, 6.07) is 18.9.